The van der Waals surface area contributed by atoms with Crippen molar-refractivity contribution in [2.24, 2.45) is 0 Å². The number of carbonyl (C=O) groups is 2. The van der Waals surface area contributed by atoms with Crippen LogP contribution in [0.15, 0.2) is 42.5 Å². The Balaban J connectivity index is 2.08. The Morgan fingerprint density at radius 3 is 2.41 bits per heavy atom. The maximum absolute atomic E-state index is 12.4. The van der Waals surface area contributed by atoms with Crippen LogP contribution in [0.25, 0.3) is 0 Å². The van der Waals surface area contributed by atoms with Gasteiger partial charge in [-0.25, -0.2) is 4.79 Å². The van der Waals surface area contributed by atoms with Gasteiger partial charge in [0.15, 0.2) is 6.61 Å². The Kier molecular flexibility index (Phi) is 6.61. The Labute approximate surface area is 160 Å². The second-order valence-electron chi connectivity index (χ2n) is 7.28. The fraction of sp³-hybridized carbons (Fsp3) is 0.364. The van der Waals surface area contributed by atoms with Crippen molar-refractivity contribution in [2.45, 2.75) is 40.0 Å². The van der Waals surface area contributed by atoms with Gasteiger partial charge in [0.25, 0.3) is 5.91 Å². The summed E-state index contributed by atoms with van der Waals surface area (Å²) < 4.78 is 10.8. The molecule has 2 aromatic carbocycles. The summed E-state index contributed by atoms with van der Waals surface area (Å²) >= 11 is 0. The van der Waals surface area contributed by atoms with E-state index in [1.54, 1.807) is 32.0 Å². The lowest BCUT2D eigenvalue weighted by molar-refractivity contribution is -0.118. The molecule has 0 aliphatic carbocycles. The summed E-state index contributed by atoms with van der Waals surface area (Å²) in [4.78, 5) is 24.3. The van der Waals surface area contributed by atoms with Crippen molar-refractivity contribution in [3.63, 3.8) is 0 Å². The lowest BCUT2D eigenvalue weighted by Gasteiger charge is -2.22. The first-order valence-corrected chi connectivity index (χ1v) is 9.03. The Hall–Kier alpha value is -2.82. The molecule has 0 radical (unpaired) electrons. The van der Waals surface area contributed by atoms with Crippen molar-refractivity contribution in [1.29, 1.82) is 0 Å². The predicted octanol–water partition coefficient (Wildman–Crippen LogP) is 4.49. The lowest BCUT2D eigenvalue weighted by atomic mass is 9.86. The average Bonchev–Trinajstić information content (AvgIpc) is 2.61. The van der Waals surface area contributed by atoms with Crippen LogP contribution in [0.2, 0.25) is 0 Å². The normalized spacial score (nSPS) is 11.0. The number of amides is 1. The maximum atomic E-state index is 12.4. The maximum Gasteiger partial charge on any atom is 0.338 e. The summed E-state index contributed by atoms with van der Waals surface area (Å²) in [7, 11) is 0. The molecule has 2 aromatic rings. The molecule has 0 fully saturated rings. The molecule has 0 bridgehead atoms. The molecule has 144 valence electrons. The SMILES string of the molecule is CCOC(=O)c1cccc(NC(=O)COc2ccccc2C(C)(C)C)c1C. The second kappa shape index (κ2) is 8.71. The van der Waals surface area contributed by atoms with E-state index in [1.165, 1.54) is 0 Å². The zero-order chi connectivity index (χ0) is 20.0. The summed E-state index contributed by atoms with van der Waals surface area (Å²) in [6, 6.07) is 12.8. The number of esters is 1. The molecule has 5 heteroatoms. The first-order chi connectivity index (χ1) is 12.7. The topological polar surface area (TPSA) is 64.6 Å². The number of rotatable bonds is 6. The molecule has 0 saturated carbocycles. The minimum Gasteiger partial charge on any atom is -0.483 e. The van der Waals surface area contributed by atoms with E-state index in [0.717, 1.165) is 5.56 Å². The molecule has 2 rings (SSSR count). The smallest absolute Gasteiger partial charge is 0.338 e. The Morgan fingerprint density at radius 2 is 1.74 bits per heavy atom. The highest BCUT2D eigenvalue weighted by Crippen LogP contribution is 2.31. The van der Waals surface area contributed by atoms with Gasteiger partial charge in [-0.1, -0.05) is 45.0 Å². The molecule has 0 heterocycles. The number of hydrogen-bond acceptors (Lipinski definition) is 4. The third kappa shape index (κ3) is 5.33. The summed E-state index contributed by atoms with van der Waals surface area (Å²) in [5.41, 5.74) is 2.63. The number of carbonyl (C=O) groups excluding carboxylic acids is 2. The minimum atomic E-state index is -0.401. The highest BCUT2D eigenvalue weighted by Gasteiger charge is 2.19. The van der Waals surface area contributed by atoms with E-state index in [9.17, 15) is 9.59 Å². The monoisotopic (exact) mass is 369 g/mol. The van der Waals surface area contributed by atoms with Crippen molar-refractivity contribution in [3.8, 4) is 5.75 Å². The molecule has 0 aromatic heterocycles. The fourth-order valence-corrected chi connectivity index (χ4v) is 2.74. The zero-order valence-corrected chi connectivity index (χ0v) is 16.6. The van der Waals surface area contributed by atoms with Crippen LogP contribution >= 0.6 is 0 Å². The van der Waals surface area contributed by atoms with Crippen molar-refractivity contribution in [3.05, 3.63) is 59.2 Å². The number of ether oxygens (including phenoxy) is 2. The molecule has 0 unspecified atom stereocenters. The minimum absolute atomic E-state index is 0.0857. The van der Waals surface area contributed by atoms with Crippen LogP contribution in [0.1, 0.15) is 49.2 Å². The van der Waals surface area contributed by atoms with Crippen molar-refractivity contribution in [1.82, 2.24) is 0 Å². The van der Waals surface area contributed by atoms with Gasteiger partial charge in [0.1, 0.15) is 5.75 Å². The number of nitrogens with one attached hydrogen (secondary N) is 1. The summed E-state index contributed by atoms with van der Waals surface area (Å²) in [6.45, 7) is 10.0. The van der Waals surface area contributed by atoms with Crippen molar-refractivity contribution < 1.29 is 19.1 Å². The molecule has 0 saturated heterocycles. The van der Waals surface area contributed by atoms with E-state index in [1.807, 2.05) is 24.3 Å². The van der Waals surface area contributed by atoms with Crippen LogP contribution in [0, 0.1) is 6.92 Å². The van der Waals surface area contributed by atoms with E-state index >= 15 is 0 Å². The third-order valence-corrected chi connectivity index (χ3v) is 4.16. The Bertz CT molecular complexity index is 821. The lowest BCUT2D eigenvalue weighted by Crippen LogP contribution is -2.22. The first kappa shape index (κ1) is 20.5. The van der Waals surface area contributed by atoms with Gasteiger partial charge in [-0.15, -0.1) is 0 Å². The fourth-order valence-electron chi connectivity index (χ4n) is 2.74. The van der Waals surface area contributed by atoms with Gasteiger partial charge < -0.3 is 14.8 Å². The van der Waals surface area contributed by atoms with Crippen LogP contribution in [0.3, 0.4) is 0 Å². The van der Waals surface area contributed by atoms with Crippen LogP contribution in [-0.4, -0.2) is 25.1 Å². The highest BCUT2D eigenvalue weighted by atomic mass is 16.5. The van der Waals surface area contributed by atoms with Gasteiger partial charge in [0.05, 0.1) is 12.2 Å². The van der Waals surface area contributed by atoms with Gasteiger partial charge in [-0.05, 0) is 48.6 Å². The van der Waals surface area contributed by atoms with Crippen LogP contribution in [-0.2, 0) is 14.9 Å². The van der Waals surface area contributed by atoms with E-state index < -0.39 is 5.97 Å². The summed E-state index contributed by atoms with van der Waals surface area (Å²) in [5.74, 6) is 0.00132. The van der Waals surface area contributed by atoms with Gasteiger partial charge in [0.2, 0.25) is 0 Å². The van der Waals surface area contributed by atoms with E-state index in [2.05, 4.69) is 26.1 Å². The summed E-state index contributed by atoms with van der Waals surface area (Å²) in [5, 5.41) is 2.80. The van der Waals surface area contributed by atoms with Gasteiger partial charge in [-0.2, -0.15) is 0 Å². The Morgan fingerprint density at radius 1 is 1.04 bits per heavy atom. The van der Waals surface area contributed by atoms with Gasteiger partial charge in [0, 0.05) is 5.69 Å². The number of benzene rings is 2. The zero-order valence-electron chi connectivity index (χ0n) is 16.6. The largest absolute Gasteiger partial charge is 0.483 e. The number of hydrogen-bond donors (Lipinski definition) is 1. The van der Waals surface area contributed by atoms with Crippen molar-refractivity contribution >= 4 is 17.6 Å². The molecule has 1 N–H and O–H groups in total. The molecule has 1 amide bonds. The molecule has 5 nitrogen and oxygen atoms in total. The quantitative estimate of drug-likeness (QED) is 0.762. The van der Waals surface area contributed by atoms with E-state index in [4.69, 9.17) is 9.47 Å². The van der Waals surface area contributed by atoms with E-state index in [-0.39, 0.29) is 17.9 Å². The van der Waals surface area contributed by atoms with Crippen LogP contribution in [0.5, 0.6) is 5.75 Å². The molecule has 0 aliphatic rings. The van der Waals surface area contributed by atoms with Crippen LogP contribution in [0.4, 0.5) is 5.69 Å². The molecular weight excluding hydrogens is 342 g/mol. The van der Waals surface area contributed by atoms with E-state index in [0.29, 0.717) is 29.2 Å². The molecule has 0 aliphatic heterocycles. The summed E-state index contributed by atoms with van der Waals surface area (Å²) in [6.07, 6.45) is 0. The first-order valence-electron chi connectivity index (χ1n) is 9.03. The highest BCUT2D eigenvalue weighted by molar-refractivity contribution is 5.97. The second-order valence-corrected chi connectivity index (χ2v) is 7.28. The van der Waals surface area contributed by atoms with Gasteiger partial charge in [-0.3, -0.25) is 4.79 Å². The standard InChI is InChI=1S/C22H27NO4/c1-6-26-21(25)16-10-9-12-18(15(16)2)23-20(24)14-27-19-13-8-7-11-17(19)22(3,4)5/h7-13H,6,14H2,1-5H3,(H,23,24). The molecule has 0 spiro atoms. The number of anilines is 1. The average molecular weight is 369 g/mol. The van der Waals surface area contributed by atoms with Gasteiger partial charge >= 0.3 is 5.97 Å². The predicted molar refractivity (Wildman–Crippen MR) is 106 cm³/mol. The molecule has 0 atom stereocenters. The van der Waals surface area contributed by atoms with Crippen LogP contribution < -0.4 is 10.1 Å². The molecular formula is C22H27NO4. The number of para-hydroxylation sites is 1. The van der Waals surface area contributed by atoms with Crippen molar-refractivity contribution in [2.75, 3.05) is 18.5 Å². The molecule has 27 heavy (non-hydrogen) atoms. The third-order valence-electron chi connectivity index (χ3n) is 4.16.